The summed E-state index contributed by atoms with van der Waals surface area (Å²) >= 11 is 0. The molecule has 88 valence electrons. The van der Waals surface area contributed by atoms with E-state index >= 15 is 0 Å². The number of rotatable bonds is 3. The zero-order chi connectivity index (χ0) is 12.1. The van der Waals surface area contributed by atoms with Crippen LogP contribution in [0.5, 0.6) is 11.5 Å². The van der Waals surface area contributed by atoms with Gasteiger partial charge in [-0.25, -0.2) is 9.59 Å². The van der Waals surface area contributed by atoms with Crippen molar-refractivity contribution in [2.75, 3.05) is 0 Å². The van der Waals surface area contributed by atoms with Crippen molar-refractivity contribution in [2.45, 2.75) is 20.0 Å². The van der Waals surface area contributed by atoms with Crippen LogP contribution in [-0.2, 0) is 4.74 Å². The average molecular weight is 229 g/mol. The van der Waals surface area contributed by atoms with Gasteiger partial charge in [-0.1, -0.05) is 0 Å². The second-order valence-corrected chi connectivity index (χ2v) is 3.07. The number of carboxylic acid groups (broad SMARTS) is 1. The summed E-state index contributed by atoms with van der Waals surface area (Å²) in [4.78, 5) is 23.9. The number of nitrogens with one attached hydrogen (secondary N) is 1. The number of ether oxygens (including phenoxy) is 3. The molecule has 7 nitrogen and oxygen atoms in total. The molecule has 7 heteroatoms. The van der Waals surface area contributed by atoms with E-state index < -0.39 is 12.3 Å². The summed E-state index contributed by atoms with van der Waals surface area (Å²) in [6, 6.07) is 0. The van der Waals surface area contributed by atoms with Crippen LogP contribution in [0.1, 0.15) is 13.8 Å². The lowest BCUT2D eigenvalue weighted by atomic mass is 10.5. The van der Waals surface area contributed by atoms with Crippen LogP contribution in [0.3, 0.4) is 0 Å². The van der Waals surface area contributed by atoms with Gasteiger partial charge in [0.25, 0.3) is 0 Å². The van der Waals surface area contributed by atoms with Crippen molar-refractivity contribution < 1.29 is 28.9 Å². The zero-order valence-electron chi connectivity index (χ0n) is 8.72. The molecule has 0 saturated carbocycles. The minimum absolute atomic E-state index is 0.0481. The van der Waals surface area contributed by atoms with E-state index in [4.69, 9.17) is 14.6 Å². The molecule has 16 heavy (non-hydrogen) atoms. The first-order valence-corrected chi connectivity index (χ1v) is 4.45. The standard InChI is InChI=1S/C9H11NO6/c1-5(2)14-9(13)16-7-4-10-3-6(7)15-8(11)12/h3-5,10H,1-2H3,(H,11,12). The summed E-state index contributed by atoms with van der Waals surface area (Å²) in [7, 11) is 0. The minimum atomic E-state index is -1.50. The molecule has 1 heterocycles. The van der Waals surface area contributed by atoms with Crippen molar-refractivity contribution in [3.8, 4) is 11.5 Å². The van der Waals surface area contributed by atoms with Crippen LogP contribution in [0.25, 0.3) is 0 Å². The van der Waals surface area contributed by atoms with Crippen molar-refractivity contribution >= 4 is 12.3 Å². The molecule has 0 aliphatic rings. The number of carbonyl (C=O) groups excluding carboxylic acids is 1. The molecule has 0 unspecified atom stereocenters. The van der Waals surface area contributed by atoms with Gasteiger partial charge in [0.1, 0.15) is 0 Å². The normalized spacial score (nSPS) is 9.94. The summed E-state index contributed by atoms with van der Waals surface area (Å²) in [5.74, 6) is -0.152. The molecule has 0 amide bonds. The second kappa shape index (κ2) is 5.06. The maximum absolute atomic E-state index is 11.1. The average Bonchev–Trinajstić information content (AvgIpc) is 2.50. The van der Waals surface area contributed by atoms with Gasteiger partial charge >= 0.3 is 12.3 Å². The SMILES string of the molecule is CC(C)OC(=O)Oc1c[nH]cc1OC(=O)O. The molecule has 0 bridgehead atoms. The molecule has 0 atom stereocenters. The van der Waals surface area contributed by atoms with Gasteiger partial charge in [-0.15, -0.1) is 0 Å². The smallest absolute Gasteiger partial charge is 0.449 e. The summed E-state index contributed by atoms with van der Waals surface area (Å²) in [5.41, 5.74) is 0. The maximum atomic E-state index is 11.1. The fourth-order valence-corrected chi connectivity index (χ4v) is 0.895. The van der Waals surface area contributed by atoms with Crippen LogP contribution in [0.2, 0.25) is 0 Å². The van der Waals surface area contributed by atoms with Gasteiger partial charge in [0, 0.05) is 12.4 Å². The highest BCUT2D eigenvalue weighted by molar-refractivity contribution is 5.67. The summed E-state index contributed by atoms with van der Waals surface area (Å²) in [5, 5.41) is 8.38. The van der Waals surface area contributed by atoms with Gasteiger partial charge in [0.15, 0.2) is 11.5 Å². The molecule has 0 spiro atoms. The Labute approximate surface area is 90.9 Å². The Balaban J connectivity index is 2.63. The Morgan fingerprint density at radius 3 is 2.31 bits per heavy atom. The van der Waals surface area contributed by atoms with E-state index in [0.717, 1.165) is 0 Å². The van der Waals surface area contributed by atoms with Crippen molar-refractivity contribution in [3.05, 3.63) is 12.4 Å². The molecule has 0 saturated heterocycles. The van der Waals surface area contributed by atoms with Gasteiger partial charge in [-0.2, -0.15) is 0 Å². The molecule has 0 aromatic carbocycles. The van der Waals surface area contributed by atoms with Crippen molar-refractivity contribution in [3.63, 3.8) is 0 Å². The van der Waals surface area contributed by atoms with Crippen molar-refractivity contribution in [1.82, 2.24) is 4.98 Å². The first kappa shape index (κ1) is 11.9. The lowest BCUT2D eigenvalue weighted by molar-refractivity contribution is 0.0714. The van der Waals surface area contributed by atoms with Crippen LogP contribution in [-0.4, -0.2) is 28.5 Å². The van der Waals surface area contributed by atoms with Crippen LogP contribution in [0.4, 0.5) is 9.59 Å². The van der Waals surface area contributed by atoms with Gasteiger partial charge < -0.3 is 24.3 Å². The maximum Gasteiger partial charge on any atom is 0.514 e. The first-order chi connectivity index (χ1) is 7.49. The Hall–Kier alpha value is -2.18. The molecular formula is C9H11NO6. The van der Waals surface area contributed by atoms with Gasteiger partial charge in [-0.05, 0) is 13.8 Å². The number of hydrogen-bond donors (Lipinski definition) is 2. The van der Waals surface area contributed by atoms with E-state index in [0.29, 0.717) is 0 Å². The van der Waals surface area contributed by atoms with Crippen molar-refractivity contribution in [1.29, 1.82) is 0 Å². The minimum Gasteiger partial charge on any atom is -0.449 e. The third kappa shape index (κ3) is 3.52. The van der Waals surface area contributed by atoms with E-state index in [2.05, 4.69) is 9.72 Å². The summed E-state index contributed by atoms with van der Waals surface area (Å²) in [6.07, 6.45) is -0.229. The molecule has 1 aromatic heterocycles. The van der Waals surface area contributed by atoms with Crippen LogP contribution in [0.15, 0.2) is 12.4 Å². The number of carbonyl (C=O) groups is 2. The Morgan fingerprint density at radius 1 is 1.25 bits per heavy atom. The molecule has 2 N–H and O–H groups in total. The van der Waals surface area contributed by atoms with E-state index in [1.807, 2.05) is 0 Å². The fourth-order valence-electron chi connectivity index (χ4n) is 0.895. The van der Waals surface area contributed by atoms with Gasteiger partial charge in [0.05, 0.1) is 6.10 Å². The first-order valence-electron chi connectivity index (χ1n) is 4.45. The number of aromatic amines is 1. The summed E-state index contributed by atoms with van der Waals surface area (Å²) in [6.45, 7) is 3.32. The molecular weight excluding hydrogens is 218 g/mol. The highest BCUT2D eigenvalue weighted by Gasteiger charge is 2.15. The zero-order valence-corrected chi connectivity index (χ0v) is 8.72. The van der Waals surface area contributed by atoms with Crippen LogP contribution >= 0.6 is 0 Å². The molecule has 1 aromatic rings. The van der Waals surface area contributed by atoms with E-state index in [9.17, 15) is 9.59 Å². The third-order valence-corrected chi connectivity index (χ3v) is 1.39. The third-order valence-electron chi connectivity index (χ3n) is 1.39. The highest BCUT2D eigenvalue weighted by atomic mass is 16.7. The predicted molar refractivity (Wildman–Crippen MR) is 51.7 cm³/mol. The summed E-state index contributed by atoms with van der Waals surface area (Å²) < 4.78 is 13.8. The Morgan fingerprint density at radius 2 is 1.81 bits per heavy atom. The Bertz CT molecular complexity index is 383. The van der Waals surface area contributed by atoms with E-state index in [1.165, 1.54) is 12.4 Å². The predicted octanol–water partition coefficient (Wildman–Crippen LogP) is 2.00. The van der Waals surface area contributed by atoms with E-state index in [-0.39, 0.29) is 17.6 Å². The molecule has 0 aliphatic heterocycles. The molecule has 0 fully saturated rings. The Kier molecular flexibility index (Phi) is 3.76. The van der Waals surface area contributed by atoms with Crippen molar-refractivity contribution in [2.24, 2.45) is 0 Å². The molecule has 1 rings (SSSR count). The second-order valence-electron chi connectivity index (χ2n) is 3.07. The molecule has 0 radical (unpaired) electrons. The van der Waals surface area contributed by atoms with Gasteiger partial charge in [0.2, 0.25) is 0 Å². The topological polar surface area (TPSA) is 97.9 Å². The van der Waals surface area contributed by atoms with Crippen LogP contribution in [0, 0.1) is 0 Å². The van der Waals surface area contributed by atoms with Gasteiger partial charge in [-0.3, -0.25) is 0 Å². The lowest BCUT2D eigenvalue weighted by Gasteiger charge is -2.07. The number of hydrogen-bond acceptors (Lipinski definition) is 5. The lowest BCUT2D eigenvalue weighted by Crippen LogP contribution is -2.16. The number of aromatic nitrogens is 1. The quantitative estimate of drug-likeness (QED) is 0.769. The van der Waals surface area contributed by atoms with Crippen LogP contribution < -0.4 is 9.47 Å². The monoisotopic (exact) mass is 229 g/mol. The molecule has 0 aliphatic carbocycles. The largest absolute Gasteiger partial charge is 0.514 e. The fraction of sp³-hybridized carbons (Fsp3) is 0.333. The van der Waals surface area contributed by atoms with E-state index in [1.54, 1.807) is 13.8 Å². The number of H-pyrrole nitrogens is 1. The highest BCUT2D eigenvalue weighted by Crippen LogP contribution is 2.26.